The minimum atomic E-state index is -3.46. The Balaban J connectivity index is 1.41. The maximum atomic E-state index is 15.4. The van der Waals surface area contributed by atoms with Gasteiger partial charge in [-0.05, 0) is 81.2 Å². The van der Waals surface area contributed by atoms with E-state index in [0.29, 0.717) is 64.0 Å². The van der Waals surface area contributed by atoms with E-state index in [1.54, 1.807) is 22.5 Å². The number of carbonyl (C=O) groups is 2. The molecule has 13 heteroatoms. The van der Waals surface area contributed by atoms with Gasteiger partial charge in [0.1, 0.15) is 17.7 Å². The average Bonchev–Trinajstić information content (AvgIpc) is 3.88. The largest absolute Gasteiger partial charge is 0.453 e. The van der Waals surface area contributed by atoms with Crippen LogP contribution in [-0.4, -0.2) is 81.5 Å². The van der Waals surface area contributed by atoms with Gasteiger partial charge >= 0.3 is 6.09 Å². The van der Waals surface area contributed by atoms with Crippen LogP contribution < -0.4 is 16.0 Å². The molecule has 4 atom stereocenters. The van der Waals surface area contributed by atoms with Crippen LogP contribution >= 0.6 is 0 Å². The highest BCUT2D eigenvalue weighted by Crippen LogP contribution is 2.37. The van der Waals surface area contributed by atoms with Crippen molar-refractivity contribution >= 4 is 27.7 Å². The number of ether oxygens (including phenoxy) is 2. The number of nitrogens with zero attached hydrogens (tertiary/aromatic N) is 1. The van der Waals surface area contributed by atoms with E-state index in [9.17, 15) is 22.4 Å². The third-order valence-electron chi connectivity index (χ3n) is 9.09. The zero-order chi connectivity index (χ0) is 32.1. The Morgan fingerprint density at radius 2 is 1.78 bits per heavy atom. The third kappa shape index (κ3) is 7.82. The zero-order valence-corrected chi connectivity index (χ0v) is 26.5. The van der Waals surface area contributed by atoms with Gasteiger partial charge in [-0.3, -0.25) is 4.79 Å². The van der Waals surface area contributed by atoms with Crippen LogP contribution in [0.15, 0.2) is 42.5 Å². The third-order valence-corrected chi connectivity index (χ3v) is 11.6. The molecule has 2 amide bonds. The first-order valence-corrected chi connectivity index (χ1v) is 17.1. The van der Waals surface area contributed by atoms with E-state index >= 15 is 4.39 Å². The predicted molar refractivity (Wildman–Crippen MR) is 165 cm³/mol. The van der Waals surface area contributed by atoms with E-state index in [1.165, 1.54) is 31.4 Å². The summed E-state index contributed by atoms with van der Waals surface area (Å²) in [5, 5.41) is 8.46. The summed E-state index contributed by atoms with van der Waals surface area (Å²) in [5.41, 5.74) is 1.14. The molecule has 2 saturated heterocycles. The van der Waals surface area contributed by atoms with E-state index < -0.39 is 45.6 Å². The number of piperazine rings is 1. The van der Waals surface area contributed by atoms with Gasteiger partial charge in [0.2, 0.25) is 15.9 Å². The van der Waals surface area contributed by atoms with Crippen LogP contribution in [-0.2, 0) is 30.7 Å². The molecule has 2 aliphatic heterocycles. The standard InChI is InChI=1S/C32H42F2N4O6S/c1-20-18-35-19-24(38(20)45(41,42)25-11-12-25)10-13-26-27(34)4-3-5-28(26)36-31(39)30(37-32(40)43-2)29(22-14-16-44-17-15-22)21-6-8-23(33)9-7-21/h3-9,20,22,24-25,29-30,35H,10-19H2,1-2H3,(H,36,39)(H,37,40)/t20-,24-,29-,30-/m0/s1. The SMILES string of the molecule is COC(=O)N[C@H](C(=O)Nc1cccc(F)c1CC[C@H]1CNC[C@H](C)N1S(=O)(=O)C1CC1)[C@@H](c1ccc(F)cc1)C1CCOCC1. The molecule has 2 aromatic rings. The van der Waals surface area contributed by atoms with Crippen LogP contribution in [0.1, 0.15) is 56.1 Å². The van der Waals surface area contributed by atoms with Crippen LogP contribution in [0.25, 0.3) is 0 Å². The highest BCUT2D eigenvalue weighted by molar-refractivity contribution is 7.90. The maximum Gasteiger partial charge on any atom is 0.407 e. The number of halogens is 2. The molecule has 2 heterocycles. The molecule has 0 unspecified atom stereocenters. The first kappa shape index (κ1) is 33.2. The minimum Gasteiger partial charge on any atom is -0.453 e. The second-order valence-electron chi connectivity index (χ2n) is 12.2. The van der Waals surface area contributed by atoms with Gasteiger partial charge in [0.05, 0.1) is 12.4 Å². The van der Waals surface area contributed by atoms with Gasteiger partial charge in [-0.2, -0.15) is 4.31 Å². The van der Waals surface area contributed by atoms with Gasteiger partial charge in [0, 0.05) is 55.6 Å². The molecule has 5 rings (SSSR count). The monoisotopic (exact) mass is 648 g/mol. The Labute approximate surface area is 263 Å². The van der Waals surface area contributed by atoms with Crippen molar-refractivity contribution in [2.75, 3.05) is 38.7 Å². The summed E-state index contributed by atoms with van der Waals surface area (Å²) in [7, 11) is -2.26. The highest BCUT2D eigenvalue weighted by atomic mass is 32.2. The molecule has 0 bridgehead atoms. The van der Waals surface area contributed by atoms with Crippen LogP contribution in [0.4, 0.5) is 19.3 Å². The van der Waals surface area contributed by atoms with E-state index in [0.717, 1.165) is 0 Å². The molecule has 1 aliphatic carbocycles. The minimum absolute atomic E-state index is 0.0794. The number of hydrogen-bond donors (Lipinski definition) is 3. The summed E-state index contributed by atoms with van der Waals surface area (Å²) >= 11 is 0. The second-order valence-corrected chi connectivity index (χ2v) is 14.3. The fraction of sp³-hybridized carbons (Fsp3) is 0.562. The number of rotatable bonds is 11. The normalized spacial score (nSPS) is 22.8. The van der Waals surface area contributed by atoms with Crippen molar-refractivity contribution in [2.45, 2.75) is 74.7 Å². The Kier molecular flexibility index (Phi) is 10.7. The molecule has 2 aromatic carbocycles. The summed E-state index contributed by atoms with van der Waals surface area (Å²) in [5.74, 6) is -2.18. The summed E-state index contributed by atoms with van der Waals surface area (Å²) in [6, 6.07) is 8.48. The van der Waals surface area contributed by atoms with Crippen LogP contribution in [0, 0.1) is 17.6 Å². The predicted octanol–water partition coefficient (Wildman–Crippen LogP) is 3.93. The molecule has 10 nitrogen and oxygen atoms in total. The highest BCUT2D eigenvalue weighted by Gasteiger charge is 2.46. The van der Waals surface area contributed by atoms with Crippen molar-refractivity contribution in [3.63, 3.8) is 0 Å². The lowest BCUT2D eigenvalue weighted by atomic mass is 9.76. The zero-order valence-electron chi connectivity index (χ0n) is 25.6. The number of hydrogen-bond acceptors (Lipinski definition) is 7. The number of sulfonamides is 1. The molecule has 0 spiro atoms. The summed E-state index contributed by atoms with van der Waals surface area (Å²) < 4.78 is 67.8. The molecule has 3 N–H and O–H groups in total. The van der Waals surface area contributed by atoms with Gasteiger partial charge in [-0.25, -0.2) is 22.0 Å². The molecule has 3 aliphatic rings. The van der Waals surface area contributed by atoms with Gasteiger partial charge in [-0.15, -0.1) is 0 Å². The molecule has 3 fully saturated rings. The fourth-order valence-corrected chi connectivity index (χ4v) is 8.92. The smallest absolute Gasteiger partial charge is 0.407 e. The lowest BCUT2D eigenvalue weighted by molar-refractivity contribution is -0.119. The van der Waals surface area contributed by atoms with Crippen LogP contribution in [0.2, 0.25) is 0 Å². The van der Waals surface area contributed by atoms with Crippen molar-refractivity contribution < 1.29 is 36.3 Å². The number of alkyl carbamates (subject to hydrolysis) is 1. The maximum absolute atomic E-state index is 15.4. The van der Waals surface area contributed by atoms with Crippen LogP contribution in [0.3, 0.4) is 0 Å². The van der Waals surface area contributed by atoms with Crippen molar-refractivity contribution in [3.05, 3.63) is 65.2 Å². The molecule has 0 aromatic heterocycles. The number of benzene rings is 2. The van der Waals surface area contributed by atoms with Crippen LogP contribution in [0.5, 0.6) is 0 Å². The second kappa shape index (κ2) is 14.5. The molecular weight excluding hydrogens is 606 g/mol. The molecule has 45 heavy (non-hydrogen) atoms. The quantitative estimate of drug-likeness (QED) is 0.337. The van der Waals surface area contributed by atoms with E-state index in [1.807, 2.05) is 6.92 Å². The molecule has 1 saturated carbocycles. The van der Waals surface area contributed by atoms with Gasteiger partial charge in [-0.1, -0.05) is 18.2 Å². The first-order chi connectivity index (χ1) is 21.6. The Morgan fingerprint density at radius 1 is 1.07 bits per heavy atom. The summed E-state index contributed by atoms with van der Waals surface area (Å²) in [4.78, 5) is 26.6. The average molecular weight is 649 g/mol. The van der Waals surface area contributed by atoms with Gasteiger partial charge in [0.15, 0.2) is 0 Å². The van der Waals surface area contributed by atoms with Crippen molar-refractivity contribution in [2.24, 2.45) is 5.92 Å². The molecule has 246 valence electrons. The van der Waals surface area contributed by atoms with E-state index in [4.69, 9.17) is 9.47 Å². The fourth-order valence-electron chi connectivity index (χ4n) is 6.68. The number of methoxy groups -OCH3 is 1. The van der Waals surface area contributed by atoms with E-state index in [-0.39, 0.29) is 40.9 Å². The summed E-state index contributed by atoms with van der Waals surface area (Å²) in [6.45, 7) is 3.82. The van der Waals surface area contributed by atoms with Crippen molar-refractivity contribution in [1.82, 2.24) is 14.9 Å². The Hall–Kier alpha value is -3.13. The topological polar surface area (TPSA) is 126 Å². The Morgan fingerprint density at radius 3 is 2.44 bits per heavy atom. The van der Waals surface area contributed by atoms with E-state index in [2.05, 4.69) is 16.0 Å². The number of carbonyl (C=O) groups excluding carboxylic acids is 2. The van der Waals surface area contributed by atoms with Gasteiger partial charge in [0.25, 0.3) is 0 Å². The number of anilines is 1. The summed E-state index contributed by atoms with van der Waals surface area (Å²) in [6.07, 6.45) is 2.25. The lowest BCUT2D eigenvalue weighted by Crippen LogP contribution is -2.59. The van der Waals surface area contributed by atoms with Crippen molar-refractivity contribution in [3.8, 4) is 0 Å². The Bertz CT molecular complexity index is 1450. The lowest BCUT2D eigenvalue weighted by Gasteiger charge is -2.40. The van der Waals surface area contributed by atoms with Gasteiger partial charge < -0.3 is 25.4 Å². The molecule has 0 radical (unpaired) electrons. The first-order valence-electron chi connectivity index (χ1n) is 15.6. The molecular formula is C32H42F2N4O6S. The van der Waals surface area contributed by atoms with Crippen molar-refractivity contribution in [1.29, 1.82) is 0 Å². The number of amides is 2. The number of nitrogens with one attached hydrogen (secondary N) is 3.